The Labute approximate surface area is 130 Å². The molecule has 2 amide bonds. The van der Waals surface area contributed by atoms with Crippen LogP contribution in [-0.2, 0) is 9.53 Å². The van der Waals surface area contributed by atoms with Gasteiger partial charge >= 0.3 is 0 Å². The summed E-state index contributed by atoms with van der Waals surface area (Å²) in [5, 5.41) is 5.60. The minimum Gasteiger partial charge on any atom is -0.383 e. The Morgan fingerprint density at radius 1 is 1.32 bits per heavy atom. The first-order valence-electron chi connectivity index (χ1n) is 7.53. The molecule has 5 nitrogen and oxygen atoms in total. The number of anilines is 1. The molecule has 1 aromatic carbocycles. The van der Waals surface area contributed by atoms with Gasteiger partial charge in [0.2, 0.25) is 5.91 Å². The van der Waals surface area contributed by atoms with Crippen LogP contribution < -0.4 is 10.6 Å². The van der Waals surface area contributed by atoms with Crippen LogP contribution in [-0.4, -0.2) is 32.1 Å². The molecule has 22 heavy (non-hydrogen) atoms. The highest BCUT2D eigenvalue weighted by Crippen LogP contribution is 2.22. The van der Waals surface area contributed by atoms with Crippen molar-refractivity contribution in [3.63, 3.8) is 0 Å². The molecule has 0 bridgehead atoms. The molecule has 0 fully saturated rings. The number of carbonyl (C=O) groups is 2. The third-order valence-corrected chi connectivity index (χ3v) is 3.60. The maximum atomic E-state index is 12.1. The molecule has 0 saturated heterocycles. The quantitative estimate of drug-likeness (QED) is 0.600. The van der Waals surface area contributed by atoms with Crippen molar-refractivity contribution in [2.24, 2.45) is 5.92 Å². The maximum Gasteiger partial charge on any atom is 0.253 e. The van der Waals surface area contributed by atoms with E-state index in [-0.39, 0.29) is 11.8 Å². The van der Waals surface area contributed by atoms with E-state index in [4.69, 9.17) is 4.74 Å². The molecule has 0 radical (unpaired) electrons. The smallest absolute Gasteiger partial charge is 0.253 e. The molecule has 1 aliphatic rings. The van der Waals surface area contributed by atoms with E-state index in [0.29, 0.717) is 36.7 Å². The minimum atomic E-state index is -0.214. The van der Waals surface area contributed by atoms with Gasteiger partial charge in [0.25, 0.3) is 5.91 Å². The van der Waals surface area contributed by atoms with Crippen molar-refractivity contribution >= 4 is 17.5 Å². The molecule has 1 unspecified atom stereocenters. The van der Waals surface area contributed by atoms with E-state index >= 15 is 0 Å². The molecule has 1 aromatic rings. The Balaban J connectivity index is 1.96. The summed E-state index contributed by atoms with van der Waals surface area (Å²) >= 11 is 0. The van der Waals surface area contributed by atoms with Crippen molar-refractivity contribution in [1.29, 1.82) is 0 Å². The van der Waals surface area contributed by atoms with Crippen LogP contribution in [0.5, 0.6) is 0 Å². The van der Waals surface area contributed by atoms with Crippen LogP contribution in [0, 0.1) is 5.92 Å². The highest BCUT2D eigenvalue weighted by atomic mass is 16.5. The second-order valence-corrected chi connectivity index (χ2v) is 5.31. The monoisotopic (exact) mass is 302 g/mol. The van der Waals surface area contributed by atoms with Crippen LogP contribution in [0.1, 0.15) is 29.6 Å². The number of nitrogens with one attached hydrogen (secondary N) is 2. The van der Waals surface area contributed by atoms with Gasteiger partial charge in [0.05, 0.1) is 17.9 Å². The lowest BCUT2D eigenvalue weighted by Crippen LogP contribution is -2.28. The Morgan fingerprint density at radius 3 is 2.86 bits per heavy atom. The van der Waals surface area contributed by atoms with E-state index in [9.17, 15) is 9.59 Å². The number of rotatable bonds is 7. The largest absolute Gasteiger partial charge is 0.383 e. The molecule has 0 aromatic heterocycles. The molecule has 2 N–H and O–H groups in total. The summed E-state index contributed by atoms with van der Waals surface area (Å²) in [5.74, 6) is 0.0325. The average Bonchev–Trinajstić information content (AvgIpc) is 3.00. The fourth-order valence-electron chi connectivity index (χ4n) is 2.46. The molecular weight excluding hydrogens is 280 g/mol. The first kappa shape index (κ1) is 16.2. The molecule has 5 heteroatoms. The molecule has 1 atom stereocenters. The zero-order valence-electron chi connectivity index (χ0n) is 12.8. The summed E-state index contributed by atoms with van der Waals surface area (Å²) < 4.78 is 4.91. The normalized spacial score (nSPS) is 16.5. The molecule has 0 saturated carbocycles. The first-order chi connectivity index (χ1) is 10.7. The van der Waals surface area contributed by atoms with Gasteiger partial charge in [0.15, 0.2) is 0 Å². The van der Waals surface area contributed by atoms with Crippen molar-refractivity contribution in [3.8, 4) is 0 Å². The predicted molar refractivity (Wildman–Crippen MR) is 85.8 cm³/mol. The zero-order chi connectivity index (χ0) is 15.8. The lowest BCUT2D eigenvalue weighted by Gasteiger charge is -2.12. The molecular formula is C17H22N2O3. The highest BCUT2D eigenvalue weighted by Gasteiger charge is 2.16. The van der Waals surface area contributed by atoms with Gasteiger partial charge in [-0.2, -0.15) is 0 Å². The van der Waals surface area contributed by atoms with Crippen LogP contribution >= 0.6 is 0 Å². The molecule has 118 valence electrons. The van der Waals surface area contributed by atoms with Crippen LogP contribution in [0.4, 0.5) is 5.69 Å². The number of para-hydroxylation sites is 1. The second kappa shape index (κ2) is 8.34. The maximum absolute atomic E-state index is 12.1. The van der Waals surface area contributed by atoms with Crippen molar-refractivity contribution in [2.75, 3.05) is 25.6 Å². The number of amides is 2. The Morgan fingerprint density at radius 2 is 2.14 bits per heavy atom. The van der Waals surface area contributed by atoms with Crippen LogP contribution in [0.15, 0.2) is 36.4 Å². The Bertz CT molecular complexity index is 555. The number of methoxy groups -OCH3 is 1. The van der Waals surface area contributed by atoms with Crippen LogP contribution in [0.2, 0.25) is 0 Å². The van der Waals surface area contributed by atoms with Crippen LogP contribution in [0.3, 0.4) is 0 Å². The number of ether oxygens (including phenoxy) is 1. The van der Waals surface area contributed by atoms with E-state index < -0.39 is 0 Å². The summed E-state index contributed by atoms with van der Waals surface area (Å²) in [6.07, 6.45) is 6.71. The fourth-order valence-corrected chi connectivity index (χ4v) is 2.46. The lowest BCUT2D eigenvalue weighted by molar-refractivity contribution is -0.116. The third kappa shape index (κ3) is 4.70. The van der Waals surface area contributed by atoms with Crippen molar-refractivity contribution in [3.05, 3.63) is 42.0 Å². The number of hydrogen-bond acceptors (Lipinski definition) is 3. The van der Waals surface area contributed by atoms with E-state index in [1.54, 1.807) is 31.4 Å². The molecule has 2 rings (SSSR count). The molecule has 0 aliphatic heterocycles. The van der Waals surface area contributed by atoms with Gasteiger partial charge < -0.3 is 15.4 Å². The molecule has 0 spiro atoms. The standard InChI is InChI=1S/C17H22N2O3/c1-22-11-10-18-17(21)14-8-4-5-9-15(14)19-16(20)12-13-6-2-3-7-13/h2,4-6,8-9,13H,3,7,10-12H2,1H3,(H,18,21)(H,19,20). The first-order valence-corrected chi connectivity index (χ1v) is 7.53. The van der Waals surface area contributed by atoms with Gasteiger partial charge in [-0.3, -0.25) is 9.59 Å². The fraction of sp³-hybridized carbons (Fsp3) is 0.412. The molecule has 0 heterocycles. The van der Waals surface area contributed by atoms with Gasteiger partial charge in [-0.15, -0.1) is 0 Å². The SMILES string of the molecule is COCCNC(=O)c1ccccc1NC(=O)CC1C=CCC1. The van der Waals surface area contributed by atoms with Crippen molar-refractivity contribution in [1.82, 2.24) is 5.32 Å². The summed E-state index contributed by atoms with van der Waals surface area (Å²) in [7, 11) is 1.58. The Kier molecular flexibility index (Phi) is 6.15. The van der Waals surface area contributed by atoms with Gasteiger partial charge in [-0.1, -0.05) is 24.3 Å². The highest BCUT2D eigenvalue weighted by molar-refractivity contribution is 6.03. The summed E-state index contributed by atoms with van der Waals surface area (Å²) in [6.45, 7) is 0.888. The summed E-state index contributed by atoms with van der Waals surface area (Å²) in [6, 6.07) is 7.03. The van der Waals surface area contributed by atoms with E-state index in [0.717, 1.165) is 12.8 Å². The van der Waals surface area contributed by atoms with E-state index in [1.165, 1.54) is 0 Å². The lowest BCUT2D eigenvalue weighted by atomic mass is 10.0. The summed E-state index contributed by atoms with van der Waals surface area (Å²) in [5.41, 5.74) is 1.01. The third-order valence-electron chi connectivity index (χ3n) is 3.60. The predicted octanol–water partition coefficient (Wildman–Crippen LogP) is 2.36. The average molecular weight is 302 g/mol. The second-order valence-electron chi connectivity index (χ2n) is 5.31. The van der Waals surface area contributed by atoms with E-state index in [2.05, 4.69) is 22.8 Å². The number of hydrogen-bond donors (Lipinski definition) is 2. The van der Waals surface area contributed by atoms with Gasteiger partial charge in [0.1, 0.15) is 0 Å². The van der Waals surface area contributed by atoms with Gasteiger partial charge in [0, 0.05) is 20.1 Å². The Hall–Kier alpha value is -2.14. The van der Waals surface area contributed by atoms with Crippen molar-refractivity contribution < 1.29 is 14.3 Å². The summed E-state index contributed by atoms with van der Waals surface area (Å²) in [4.78, 5) is 24.2. The minimum absolute atomic E-state index is 0.0614. The van der Waals surface area contributed by atoms with Crippen molar-refractivity contribution in [2.45, 2.75) is 19.3 Å². The molecule has 1 aliphatic carbocycles. The zero-order valence-corrected chi connectivity index (χ0v) is 12.8. The van der Waals surface area contributed by atoms with Crippen LogP contribution in [0.25, 0.3) is 0 Å². The van der Waals surface area contributed by atoms with E-state index in [1.807, 2.05) is 0 Å². The van der Waals surface area contributed by atoms with Gasteiger partial charge in [-0.25, -0.2) is 0 Å². The topological polar surface area (TPSA) is 67.4 Å². The number of allylic oxidation sites excluding steroid dienone is 2. The number of benzene rings is 1. The number of carbonyl (C=O) groups excluding carboxylic acids is 2. The van der Waals surface area contributed by atoms with Gasteiger partial charge in [-0.05, 0) is 30.9 Å².